The molecule has 42 heavy (non-hydrogen) atoms. The lowest BCUT2D eigenvalue weighted by atomic mass is 9.90. The summed E-state index contributed by atoms with van der Waals surface area (Å²) in [5, 5.41) is 0. The number of ether oxygens (including phenoxy) is 3. The van der Waals surface area contributed by atoms with Crippen LogP contribution in [0.25, 0.3) is 0 Å². The van der Waals surface area contributed by atoms with Crippen molar-refractivity contribution in [3.63, 3.8) is 0 Å². The standard InChI is InChI=1S/C13H24O2.C10H20O3.C7H16.C6H14.CH4/c1-10(9-13(2,3)4)15-12(14)11-7-5-6-8-11;1-5-6-12-7-9(11)13-8-10(2,3)4;1-5-6-7(2,3)4;1-5-6(2,3)4;/h10-11H,5-9H2,1-4H3;5-8H2,1-4H3;5-6H2,1-4H3;5H2,1-4H3;1H4. The summed E-state index contributed by atoms with van der Waals surface area (Å²) in [7, 11) is 0. The van der Waals surface area contributed by atoms with E-state index in [2.05, 4.69) is 76.2 Å². The Hall–Kier alpha value is -1.10. The average molecular weight is 603 g/mol. The van der Waals surface area contributed by atoms with Gasteiger partial charge in [0.1, 0.15) is 6.61 Å². The highest BCUT2D eigenvalue weighted by Crippen LogP contribution is 2.28. The van der Waals surface area contributed by atoms with Crippen LogP contribution in [0.2, 0.25) is 0 Å². The fourth-order valence-corrected chi connectivity index (χ4v) is 3.75. The van der Waals surface area contributed by atoms with E-state index in [1.54, 1.807) is 0 Å². The molecule has 0 spiro atoms. The minimum absolute atomic E-state index is 0. The zero-order valence-electron chi connectivity index (χ0n) is 30.7. The summed E-state index contributed by atoms with van der Waals surface area (Å²) in [6, 6.07) is 0. The van der Waals surface area contributed by atoms with E-state index >= 15 is 0 Å². The fourth-order valence-electron chi connectivity index (χ4n) is 3.75. The minimum atomic E-state index is -0.275. The second-order valence-electron chi connectivity index (χ2n) is 16.5. The quantitative estimate of drug-likeness (QED) is 0.194. The second-order valence-corrected chi connectivity index (χ2v) is 16.5. The molecule has 1 saturated carbocycles. The van der Waals surface area contributed by atoms with Gasteiger partial charge >= 0.3 is 11.9 Å². The maximum atomic E-state index is 11.7. The van der Waals surface area contributed by atoms with Crippen LogP contribution in [0.3, 0.4) is 0 Å². The Bertz CT molecular complexity index is 635. The maximum Gasteiger partial charge on any atom is 0.332 e. The van der Waals surface area contributed by atoms with E-state index in [1.165, 1.54) is 32.1 Å². The molecule has 0 aliphatic heterocycles. The van der Waals surface area contributed by atoms with Crippen LogP contribution >= 0.6 is 0 Å². The summed E-state index contributed by atoms with van der Waals surface area (Å²) in [6.07, 6.45) is 10.3. The lowest BCUT2D eigenvalue weighted by Gasteiger charge is -2.24. The Balaban J connectivity index is -0.000000243. The van der Waals surface area contributed by atoms with Gasteiger partial charge in [0, 0.05) is 6.61 Å². The second kappa shape index (κ2) is 24.2. The van der Waals surface area contributed by atoms with Gasteiger partial charge in [-0.2, -0.15) is 0 Å². The molecule has 0 heterocycles. The van der Waals surface area contributed by atoms with Crippen molar-refractivity contribution in [3.05, 3.63) is 0 Å². The summed E-state index contributed by atoms with van der Waals surface area (Å²) in [5.74, 6) is -0.0555. The molecule has 0 bridgehead atoms. The summed E-state index contributed by atoms with van der Waals surface area (Å²) in [5.41, 5.74) is 1.35. The van der Waals surface area contributed by atoms with Crippen molar-refractivity contribution in [2.45, 2.75) is 182 Å². The Morgan fingerprint density at radius 2 is 1.21 bits per heavy atom. The van der Waals surface area contributed by atoms with Crippen LogP contribution in [0.4, 0.5) is 0 Å². The van der Waals surface area contributed by atoms with Gasteiger partial charge in [-0.1, -0.05) is 137 Å². The van der Waals surface area contributed by atoms with E-state index in [9.17, 15) is 9.59 Å². The molecule has 0 radical (unpaired) electrons. The van der Waals surface area contributed by atoms with Crippen molar-refractivity contribution in [1.82, 2.24) is 0 Å². The van der Waals surface area contributed by atoms with Crippen molar-refractivity contribution >= 4 is 11.9 Å². The Morgan fingerprint density at radius 1 is 0.738 bits per heavy atom. The van der Waals surface area contributed by atoms with Crippen LogP contribution in [0.15, 0.2) is 0 Å². The molecule has 5 nitrogen and oxygen atoms in total. The van der Waals surface area contributed by atoms with Crippen LogP contribution in [0.1, 0.15) is 176 Å². The first kappa shape index (κ1) is 47.8. The lowest BCUT2D eigenvalue weighted by molar-refractivity contribution is -0.154. The number of carbonyl (C=O) groups excluding carboxylic acids is 2. The number of hydrogen-bond donors (Lipinski definition) is 0. The Morgan fingerprint density at radius 3 is 1.52 bits per heavy atom. The van der Waals surface area contributed by atoms with E-state index in [0.29, 0.717) is 24.0 Å². The largest absolute Gasteiger partial charge is 0.463 e. The molecule has 0 aromatic heterocycles. The molecule has 0 aromatic carbocycles. The zero-order valence-corrected chi connectivity index (χ0v) is 30.7. The van der Waals surface area contributed by atoms with Gasteiger partial charge in [-0.15, -0.1) is 0 Å². The molecule has 0 N–H and O–H groups in total. The van der Waals surface area contributed by atoms with Crippen molar-refractivity contribution < 1.29 is 23.8 Å². The Kier molecular flexibility index (Phi) is 27.6. The van der Waals surface area contributed by atoms with E-state index in [0.717, 1.165) is 25.7 Å². The van der Waals surface area contributed by atoms with Gasteiger partial charge in [0.05, 0.1) is 18.6 Å². The first-order valence-corrected chi connectivity index (χ1v) is 16.4. The third kappa shape index (κ3) is 41.0. The predicted molar refractivity (Wildman–Crippen MR) is 184 cm³/mol. The van der Waals surface area contributed by atoms with Crippen LogP contribution in [-0.4, -0.2) is 37.9 Å². The van der Waals surface area contributed by atoms with Crippen molar-refractivity contribution in [2.75, 3.05) is 19.8 Å². The highest BCUT2D eigenvalue weighted by molar-refractivity contribution is 5.72. The fraction of sp³-hybridized carbons (Fsp3) is 0.946. The van der Waals surface area contributed by atoms with Crippen molar-refractivity contribution in [2.24, 2.45) is 27.6 Å². The number of rotatable bonds is 9. The van der Waals surface area contributed by atoms with Gasteiger partial charge in [0.15, 0.2) is 0 Å². The van der Waals surface area contributed by atoms with Gasteiger partial charge in [-0.25, -0.2) is 4.79 Å². The molecule has 1 aliphatic rings. The topological polar surface area (TPSA) is 61.8 Å². The van der Waals surface area contributed by atoms with Gasteiger partial charge < -0.3 is 14.2 Å². The molecule has 256 valence electrons. The van der Waals surface area contributed by atoms with Crippen LogP contribution in [0, 0.1) is 27.6 Å². The first-order valence-electron chi connectivity index (χ1n) is 16.4. The van der Waals surface area contributed by atoms with Crippen molar-refractivity contribution in [3.8, 4) is 0 Å². The molecule has 1 fully saturated rings. The average Bonchev–Trinajstić information content (AvgIpc) is 3.31. The Labute approximate surface area is 265 Å². The van der Waals surface area contributed by atoms with Crippen molar-refractivity contribution in [1.29, 1.82) is 0 Å². The molecule has 0 saturated heterocycles. The summed E-state index contributed by atoms with van der Waals surface area (Å²) >= 11 is 0. The van der Waals surface area contributed by atoms with Crippen LogP contribution in [0.5, 0.6) is 0 Å². The minimum Gasteiger partial charge on any atom is -0.463 e. The molecule has 5 heteroatoms. The normalized spacial score (nSPS) is 14.5. The smallest absolute Gasteiger partial charge is 0.332 e. The van der Waals surface area contributed by atoms with E-state index in [-0.39, 0.29) is 48.8 Å². The summed E-state index contributed by atoms with van der Waals surface area (Å²) < 4.78 is 15.5. The SMILES string of the molecule is C.CC(CC(C)(C)C)OC(=O)C1CCCC1.CCC(C)(C)C.CCCC(C)(C)C.CCCOCC(=O)OCC(C)(C)C. The third-order valence-electron chi connectivity index (χ3n) is 6.20. The number of esters is 2. The van der Waals surface area contributed by atoms with E-state index in [4.69, 9.17) is 14.2 Å². The number of hydrogen-bond acceptors (Lipinski definition) is 5. The third-order valence-corrected chi connectivity index (χ3v) is 6.20. The molecule has 1 aliphatic carbocycles. The van der Waals surface area contributed by atoms with Gasteiger partial charge in [0.25, 0.3) is 0 Å². The summed E-state index contributed by atoms with van der Waals surface area (Å²) in [4.78, 5) is 22.7. The molecule has 0 amide bonds. The zero-order chi connectivity index (χ0) is 32.9. The number of carbonyl (C=O) groups is 2. The molecule has 1 atom stereocenters. The lowest BCUT2D eigenvalue weighted by Crippen LogP contribution is -2.24. The van der Waals surface area contributed by atoms with E-state index in [1.807, 2.05) is 34.6 Å². The molecular weight excluding hydrogens is 524 g/mol. The molecule has 1 rings (SSSR count). The molecule has 0 aromatic rings. The van der Waals surface area contributed by atoms with E-state index < -0.39 is 0 Å². The maximum absolute atomic E-state index is 11.7. The highest BCUT2D eigenvalue weighted by Gasteiger charge is 2.26. The van der Waals surface area contributed by atoms with Gasteiger partial charge in [-0.05, 0) is 60.7 Å². The van der Waals surface area contributed by atoms with Crippen LogP contribution < -0.4 is 0 Å². The molecule has 1 unspecified atom stereocenters. The summed E-state index contributed by atoms with van der Waals surface area (Å²) in [6.45, 7) is 35.7. The van der Waals surface area contributed by atoms with Crippen LogP contribution in [-0.2, 0) is 23.8 Å². The highest BCUT2D eigenvalue weighted by atomic mass is 16.6. The first-order chi connectivity index (χ1) is 18.5. The monoisotopic (exact) mass is 603 g/mol. The predicted octanol–water partition coefficient (Wildman–Crippen LogP) is 11.5. The van der Waals surface area contributed by atoms with Gasteiger partial charge in [0.2, 0.25) is 0 Å². The molecular formula is C37H78O5. The van der Waals surface area contributed by atoms with Gasteiger partial charge in [-0.3, -0.25) is 4.79 Å².